The van der Waals surface area contributed by atoms with E-state index in [0.29, 0.717) is 28.6 Å². The molecule has 228 valence electrons. The van der Waals surface area contributed by atoms with Crippen molar-refractivity contribution in [2.24, 2.45) is 5.92 Å². The maximum absolute atomic E-state index is 13.5. The Kier molecular flexibility index (Phi) is 10.3. The predicted octanol–water partition coefficient (Wildman–Crippen LogP) is 5.76. The van der Waals surface area contributed by atoms with Crippen LogP contribution in [0.15, 0.2) is 36.4 Å². The van der Waals surface area contributed by atoms with Crippen LogP contribution in [0.4, 0.5) is 10.5 Å². The van der Waals surface area contributed by atoms with Crippen LogP contribution in [0, 0.1) is 5.92 Å². The van der Waals surface area contributed by atoms with Gasteiger partial charge in [0.1, 0.15) is 11.4 Å². The summed E-state index contributed by atoms with van der Waals surface area (Å²) in [5.74, 6) is -0.855. The molecule has 10 heteroatoms. The Morgan fingerprint density at radius 3 is 2.39 bits per heavy atom. The number of aliphatic hydroxyl groups is 1. The van der Waals surface area contributed by atoms with Crippen LogP contribution in [0.3, 0.4) is 0 Å². The van der Waals surface area contributed by atoms with E-state index >= 15 is 0 Å². The maximum Gasteiger partial charge on any atom is 0.410 e. The summed E-state index contributed by atoms with van der Waals surface area (Å²) in [6, 6.07) is 10.2. The highest BCUT2D eigenvalue weighted by atomic mass is 35.5. The maximum atomic E-state index is 13.5. The summed E-state index contributed by atoms with van der Waals surface area (Å²) in [5, 5.41) is 11.9. The second-order valence-electron chi connectivity index (χ2n) is 13.0. The predicted molar refractivity (Wildman–Crippen MR) is 164 cm³/mol. The second kappa shape index (κ2) is 12.8. The number of hydrogen-bond acceptors (Lipinski definition) is 7. The quantitative estimate of drug-likeness (QED) is 0.366. The third kappa shape index (κ3) is 9.00. The molecular weight excluding hydrogens is 564 g/mol. The molecule has 0 unspecified atom stereocenters. The number of ether oxygens (including phenoxy) is 2. The van der Waals surface area contributed by atoms with Gasteiger partial charge in [0.2, 0.25) is 0 Å². The third-order valence-electron chi connectivity index (χ3n) is 7.06. The van der Waals surface area contributed by atoms with Crippen LogP contribution < -0.4 is 10.5 Å². The minimum atomic E-state index is -3.62. The van der Waals surface area contributed by atoms with E-state index in [9.17, 15) is 18.3 Å². The molecule has 1 saturated heterocycles. The molecule has 0 saturated carbocycles. The van der Waals surface area contributed by atoms with E-state index in [0.717, 1.165) is 17.5 Å². The number of nitrogen functional groups attached to an aromatic ring is 1. The number of aliphatic hydroxyl groups excluding tert-OH is 1. The van der Waals surface area contributed by atoms with Crippen molar-refractivity contribution in [3.05, 3.63) is 58.1 Å². The van der Waals surface area contributed by atoms with Crippen LogP contribution in [0.2, 0.25) is 5.02 Å². The van der Waals surface area contributed by atoms with E-state index in [4.69, 9.17) is 26.8 Å². The van der Waals surface area contributed by atoms with E-state index in [1.54, 1.807) is 32.9 Å². The number of carbonyl (C=O) groups excluding carboxylic acids is 1. The van der Waals surface area contributed by atoms with Gasteiger partial charge in [-0.3, -0.25) is 4.90 Å². The molecule has 0 radical (unpaired) electrons. The van der Waals surface area contributed by atoms with Gasteiger partial charge in [0.25, 0.3) is 0 Å². The van der Waals surface area contributed by atoms with Gasteiger partial charge in [-0.15, -0.1) is 0 Å². The zero-order chi connectivity index (χ0) is 30.8. The first-order chi connectivity index (χ1) is 18.9. The normalized spacial score (nSPS) is 20.9. The fourth-order valence-electron chi connectivity index (χ4n) is 4.99. The van der Waals surface area contributed by atoms with Crippen LogP contribution in [0.5, 0.6) is 5.75 Å². The molecule has 3 N–H and O–H groups in total. The zero-order valence-electron chi connectivity index (χ0n) is 25.2. The molecule has 1 heterocycles. The van der Waals surface area contributed by atoms with Gasteiger partial charge < -0.3 is 20.3 Å². The second-order valence-corrected chi connectivity index (χ2v) is 15.6. The monoisotopic (exact) mass is 608 g/mol. The number of sulfone groups is 1. The molecule has 3 rings (SSSR count). The summed E-state index contributed by atoms with van der Waals surface area (Å²) in [6.45, 7) is 14.1. The first-order valence-electron chi connectivity index (χ1n) is 14.1. The lowest BCUT2D eigenvalue weighted by molar-refractivity contribution is -0.0172. The van der Waals surface area contributed by atoms with Gasteiger partial charge in [-0.25, -0.2) is 13.2 Å². The number of anilines is 1. The molecule has 1 amide bonds. The fraction of sp³-hybridized carbons (Fsp3) is 0.581. The molecule has 0 spiro atoms. The number of rotatable bonds is 8. The topological polar surface area (TPSA) is 119 Å². The summed E-state index contributed by atoms with van der Waals surface area (Å²) in [4.78, 5) is 14.9. The molecule has 0 aliphatic carbocycles. The third-order valence-corrected chi connectivity index (χ3v) is 9.15. The number of carbonyl (C=O) groups is 1. The van der Waals surface area contributed by atoms with Crippen LogP contribution in [-0.4, -0.2) is 60.4 Å². The largest absolute Gasteiger partial charge is 0.491 e. The van der Waals surface area contributed by atoms with Crippen molar-refractivity contribution in [1.82, 2.24) is 4.90 Å². The smallest absolute Gasteiger partial charge is 0.410 e. The van der Waals surface area contributed by atoms with Crippen LogP contribution >= 0.6 is 11.6 Å². The highest BCUT2D eigenvalue weighted by Crippen LogP contribution is 2.35. The van der Waals surface area contributed by atoms with E-state index in [1.165, 1.54) is 4.90 Å². The van der Waals surface area contributed by atoms with Gasteiger partial charge in [-0.05, 0) is 67.9 Å². The first kappa shape index (κ1) is 33.0. The number of halogens is 1. The van der Waals surface area contributed by atoms with Gasteiger partial charge in [0, 0.05) is 12.5 Å². The molecule has 8 nitrogen and oxygen atoms in total. The van der Waals surface area contributed by atoms with Gasteiger partial charge in [0.05, 0.1) is 41.0 Å². The summed E-state index contributed by atoms with van der Waals surface area (Å²) >= 11 is 6.37. The number of benzene rings is 2. The van der Waals surface area contributed by atoms with Crippen molar-refractivity contribution in [2.45, 2.75) is 91.0 Å². The Balaban J connectivity index is 1.98. The summed E-state index contributed by atoms with van der Waals surface area (Å²) < 4.78 is 37.9. The van der Waals surface area contributed by atoms with E-state index in [-0.39, 0.29) is 29.9 Å². The molecule has 41 heavy (non-hydrogen) atoms. The lowest BCUT2D eigenvalue weighted by Crippen LogP contribution is -2.58. The highest BCUT2D eigenvalue weighted by Gasteiger charge is 2.45. The van der Waals surface area contributed by atoms with Crippen molar-refractivity contribution in [1.29, 1.82) is 0 Å². The zero-order valence-corrected chi connectivity index (χ0v) is 26.8. The highest BCUT2D eigenvalue weighted by molar-refractivity contribution is 7.91. The molecule has 0 aromatic heterocycles. The van der Waals surface area contributed by atoms with Crippen molar-refractivity contribution in [3.63, 3.8) is 0 Å². The number of amides is 1. The van der Waals surface area contributed by atoms with Crippen LogP contribution in [0.1, 0.15) is 71.6 Å². The first-order valence-corrected chi connectivity index (χ1v) is 16.3. The van der Waals surface area contributed by atoms with Gasteiger partial charge in [-0.2, -0.15) is 0 Å². The van der Waals surface area contributed by atoms with Crippen LogP contribution in [0.25, 0.3) is 0 Å². The molecule has 0 bridgehead atoms. The Bertz CT molecular complexity index is 1330. The summed E-state index contributed by atoms with van der Waals surface area (Å²) in [7, 11) is -3.62. The Morgan fingerprint density at radius 2 is 1.78 bits per heavy atom. The minimum absolute atomic E-state index is 0.0888. The summed E-state index contributed by atoms with van der Waals surface area (Å²) in [6.07, 6.45) is -0.819. The molecule has 2 aromatic carbocycles. The van der Waals surface area contributed by atoms with Crippen LogP contribution in [-0.2, 0) is 33.0 Å². The average molecular weight is 609 g/mol. The van der Waals surface area contributed by atoms with E-state index in [1.807, 2.05) is 31.2 Å². The van der Waals surface area contributed by atoms with Crippen molar-refractivity contribution >= 4 is 33.2 Å². The molecule has 1 aliphatic heterocycles. The Labute approximate surface area is 250 Å². The lowest BCUT2D eigenvalue weighted by atomic mass is 9.86. The van der Waals surface area contributed by atoms with Gasteiger partial charge in [-0.1, -0.05) is 63.6 Å². The molecular formula is C31H45ClN2O6S. The van der Waals surface area contributed by atoms with E-state index in [2.05, 4.69) is 20.8 Å². The lowest BCUT2D eigenvalue weighted by Gasteiger charge is -2.41. The standard InChI is InChI=1S/C31H45ClN2O6S/c1-8-12-39-26-16-21(15-24(32)27(26)33)13-22-18-41(37,38)19-25(28(22)35)34(29(36)40-31(5,6)7)17-20-10-9-11-23(14-20)30(2,3)4/h9-11,14-16,22,25,28,35H,8,12-13,17-19,33H2,1-7H3/t22-,25+,28+/m1/s1. The Hall–Kier alpha value is -2.49. The van der Waals surface area contributed by atoms with Gasteiger partial charge in [0.15, 0.2) is 9.84 Å². The molecule has 2 aromatic rings. The molecule has 1 fully saturated rings. The van der Waals surface area contributed by atoms with E-state index < -0.39 is 39.6 Å². The summed E-state index contributed by atoms with van der Waals surface area (Å²) in [5.41, 5.74) is 8.06. The SMILES string of the molecule is CCCOc1cc(C[C@@H]2CS(=O)(=O)C[C@H](N(Cc3cccc(C(C)(C)C)c3)C(=O)OC(C)(C)C)[C@H]2O)cc(Cl)c1N. The van der Waals surface area contributed by atoms with Crippen molar-refractivity contribution in [3.8, 4) is 5.75 Å². The molecule has 3 atom stereocenters. The number of hydrogen-bond donors (Lipinski definition) is 2. The van der Waals surface area contributed by atoms with Gasteiger partial charge >= 0.3 is 6.09 Å². The van der Waals surface area contributed by atoms with Crippen molar-refractivity contribution < 1.29 is 27.8 Å². The average Bonchev–Trinajstić information content (AvgIpc) is 2.84. The minimum Gasteiger partial charge on any atom is -0.491 e. The fourth-order valence-corrected chi connectivity index (χ4v) is 7.22. The van der Waals surface area contributed by atoms with Crippen molar-refractivity contribution in [2.75, 3.05) is 23.8 Å². The Morgan fingerprint density at radius 1 is 1.10 bits per heavy atom. The molecule has 1 aliphatic rings. The number of nitrogens with two attached hydrogens (primary N) is 1. The number of nitrogens with zero attached hydrogens (tertiary/aromatic N) is 1.